The first kappa shape index (κ1) is 22.0. The summed E-state index contributed by atoms with van der Waals surface area (Å²) < 4.78 is 18.5. The summed E-state index contributed by atoms with van der Waals surface area (Å²) in [4.78, 5) is 29.8. The Balaban J connectivity index is 1.54. The summed E-state index contributed by atoms with van der Waals surface area (Å²) >= 11 is 0. The van der Waals surface area contributed by atoms with Crippen molar-refractivity contribution in [1.82, 2.24) is 10.3 Å². The van der Waals surface area contributed by atoms with Gasteiger partial charge >= 0.3 is 11.8 Å². The lowest BCUT2D eigenvalue weighted by Gasteiger charge is -2.20. The van der Waals surface area contributed by atoms with Gasteiger partial charge in [-0.25, -0.2) is 4.39 Å². The standard InChI is InChI=1S/C26H22FN3O3/c1-33-21-13-9-18(10-14-21)23(16-17-7-11-20(27)12-8-17)30-26(32)25(31)29-22-6-2-4-19-5-3-15-28-24(19)22/h2-15,23H,16H2,1H3,(H,29,31)(H,30,32)/t23-/m1/s1. The average molecular weight is 443 g/mol. The van der Waals surface area contributed by atoms with E-state index in [4.69, 9.17) is 4.74 Å². The SMILES string of the molecule is COc1ccc([C@@H](Cc2ccc(F)cc2)NC(=O)C(=O)Nc2cccc3cccnc23)cc1. The quantitative estimate of drug-likeness (QED) is 0.433. The number of ether oxygens (including phenoxy) is 1. The molecule has 2 amide bonds. The van der Waals surface area contributed by atoms with E-state index in [0.717, 1.165) is 16.5 Å². The molecular formula is C26H22FN3O3. The number of fused-ring (bicyclic) bond motifs is 1. The third-order valence-corrected chi connectivity index (χ3v) is 5.26. The van der Waals surface area contributed by atoms with Gasteiger partial charge in [-0.1, -0.05) is 42.5 Å². The smallest absolute Gasteiger partial charge is 0.313 e. The van der Waals surface area contributed by atoms with Crippen molar-refractivity contribution >= 4 is 28.4 Å². The van der Waals surface area contributed by atoms with E-state index in [9.17, 15) is 14.0 Å². The van der Waals surface area contributed by atoms with Crippen LogP contribution in [0.3, 0.4) is 0 Å². The maximum absolute atomic E-state index is 13.3. The van der Waals surface area contributed by atoms with Gasteiger partial charge in [0.1, 0.15) is 11.6 Å². The van der Waals surface area contributed by atoms with E-state index in [-0.39, 0.29) is 5.82 Å². The summed E-state index contributed by atoms with van der Waals surface area (Å²) in [6, 6.07) is 21.7. The van der Waals surface area contributed by atoms with Gasteiger partial charge in [-0.2, -0.15) is 0 Å². The monoisotopic (exact) mass is 443 g/mol. The fraction of sp³-hybridized carbons (Fsp3) is 0.115. The molecule has 0 saturated heterocycles. The molecule has 0 fully saturated rings. The van der Waals surface area contributed by atoms with Crippen molar-refractivity contribution in [3.63, 3.8) is 0 Å². The second kappa shape index (κ2) is 9.91. The summed E-state index contributed by atoms with van der Waals surface area (Å²) in [6.45, 7) is 0. The van der Waals surface area contributed by atoms with Gasteiger partial charge in [0.25, 0.3) is 0 Å². The van der Waals surface area contributed by atoms with Gasteiger partial charge in [-0.3, -0.25) is 14.6 Å². The van der Waals surface area contributed by atoms with Crippen molar-refractivity contribution in [3.05, 3.63) is 102 Å². The highest BCUT2D eigenvalue weighted by Crippen LogP contribution is 2.23. The number of amides is 2. The minimum Gasteiger partial charge on any atom is -0.497 e. The molecule has 0 saturated carbocycles. The van der Waals surface area contributed by atoms with Crippen molar-refractivity contribution in [2.45, 2.75) is 12.5 Å². The van der Waals surface area contributed by atoms with Gasteiger partial charge in [0.05, 0.1) is 24.4 Å². The Kier molecular flexibility index (Phi) is 6.59. The van der Waals surface area contributed by atoms with E-state index < -0.39 is 17.9 Å². The first-order chi connectivity index (χ1) is 16.0. The lowest BCUT2D eigenvalue weighted by atomic mass is 9.98. The molecule has 0 aliphatic carbocycles. The zero-order valence-corrected chi connectivity index (χ0v) is 17.9. The van der Waals surface area contributed by atoms with Crippen LogP contribution in [0.25, 0.3) is 10.9 Å². The molecule has 7 heteroatoms. The zero-order chi connectivity index (χ0) is 23.2. The molecule has 2 N–H and O–H groups in total. The van der Waals surface area contributed by atoms with E-state index >= 15 is 0 Å². The summed E-state index contributed by atoms with van der Waals surface area (Å²) in [5.74, 6) is -1.25. The number of methoxy groups -OCH3 is 1. The minimum absolute atomic E-state index is 0.341. The second-order valence-corrected chi connectivity index (χ2v) is 7.46. The predicted octanol–water partition coefficient (Wildman–Crippen LogP) is 4.42. The number of anilines is 1. The molecule has 0 bridgehead atoms. The van der Waals surface area contributed by atoms with Crippen LogP contribution in [0.2, 0.25) is 0 Å². The number of rotatable bonds is 6. The number of nitrogens with zero attached hydrogens (tertiary/aromatic N) is 1. The number of benzene rings is 3. The maximum atomic E-state index is 13.3. The normalized spacial score (nSPS) is 11.6. The Labute approximate surface area is 190 Å². The summed E-state index contributed by atoms with van der Waals surface area (Å²) in [6.07, 6.45) is 2.00. The van der Waals surface area contributed by atoms with Crippen LogP contribution in [-0.2, 0) is 16.0 Å². The highest BCUT2D eigenvalue weighted by Gasteiger charge is 2.21. The molecule has 166 valence electrons. The van der Waals surface area contributed by atoms with E-state index in [1.54, 1.807) is 55.8 Å². The average Bonchev–Trinajstić information content (AvgIpc) is 2.85. The second-order valence-electron chi connectivity index (χ2n) is 7.46. The minimum atomic E-state index is -0.800. The Morgan fingerprint density at radius 2 is 1.67 bits per heavy atom. The van der Waals surface area contributed by atoms with Crippen molar-refractivity contribution < 1.29 is 18.7 Å². The van der Waals surface area contributed by atoms with E-state index in [2.05, 4.69) is 15.6 Å². The van der Waals surface area contributed by atoms with Gasteiger partial charge in [0.15, 0.2) is 0 Å². The number of carbonyl (C=O) groups is 2. The van der Waals surface area contributed by atoms with Crippen LogP contribution in [0.15, 0.2) is 85.1 Å². The van der Waals surface area contributed by atoms with Crippen LogP contribution in [0.5, 0.6) is 5.75 Å². The van der Waals surface area contributed by atoms with Crippen LogP contribution in [0, 0.1) is 5.82 Å². The molecule has 4 aromatic rings. The van der Waals surface area contributed by atoms with Gasteiger partial charge in [0.2, 0.25) is 0 Å². The van der Waals surface area contributed by atoms with Gasteiger partial charge in [0, 0.05) is 11.6 Å². The largest absolute Gasteiger partial charge is 0.497 e. The summed E-state index contributed by atoms with van der Waals surface area (Å²) in [5.41, 5.74) is 2.65. The molecule has 0 unspecified atom stereocenters. The Hall–Kier alpha value is -4.26. The first-order valence-electron chi connectivity index (χ1n) is 10.4. The molecule has 1 atom stereocenters. The number of aromatic nitrogens is 1. The molecule has 0 spiro atoms. The number of para-hydroxylation sites is 1. The molecule has 3 aromatic carbocycles. The molecule has 33 heavy (non-hydrogen) atoms. The Morgan fingerprint density at radius 1 is 0.939 bits per heavy atom. The maximum Gasteiger partial charge on any atom is 0.313 e. The highest BCUT2D eigenvalue weighted by atomic mass is 19.1. The van der Waals surface area contributed by atoms with Crippen LogP contribution < -0.4 is 15.4 Å². The van der Waals surface area contributed by atoms with Crippen molar-refractivity contribution in [1.29, 1.82) is 0 Å². The van der Waals surface area contributed by atoms with E-state index in [1.165, 1.54) is 12.1 Å². The lowest BCUT2D eigenvalue weighted by Crippen LogP contribution is -2.38. The molecule has 6 nitrogen and oxygen atoms in total. The molecule has 1 aromatic heterocycles. The van der Waals surface area contributed by atoms with Crippen LogP contribution >= 0.6 is 0 Å². The summed E-state index contributed by atoms with van der Waals surface area (Å²) in [5, 5.41) is 6.29. The van der Waals surface area contributed by atoms with Gasteiger partial charge in [-0.05, 0) is 53.9 Å². The fourth-order valence-electron chi connectivity index (χ4n) is 3.55. The Morgan fingerprint density at radius 3 is 2.39 bits per heavy atom. The molecule has 1 heterocycles. The topological polar surface area (TPSA) is 80.3 Å². The fourth-order valence-corrected chi connectivity index (χ4v) is 3.55. The molecule has 4 rings (SSSR count). The Bertz CT molecular complexity index is 1270. The van der Waals surface area contributed by atoms with Crippen LogP contribution in [-0.4, -0.2) is 23.9 Å². The van der Waals surface area contributed by atoms with Crippen molar-refractivity contribution in [2.75, 3.05) is 12.4 Å². The molecule has 0 aliphatic heterocycles. The molecule has 0 radical (unpaired) electrons. The lowest BCUT2D eigenvalue weighted by molar-refractivity contribution is -0.136. The summed E-state index contributed by atoms with van der Waals surface area (Å²) in [7, 11) is 1.57. The van der Waals surface area contributed by atoms with Crippen LogP contribution in [0.4, 0.5) is 10.1 Å². The predicted molar refractivity (Wildman–Crippen MR) is 124 cm³/mol. The first-order valence-corrected chi connectivity index (χ1v) is 10.4. The van der Waals surface area contributed by atoms with Crippen molar-refractivity contribution in [2.24, 2.45) is 0 Å². The van der Waals surface area contributed by atoms with E-state index in [1.807, 2.05) is 24.3 Å². The highest BCUT2D eigenvalue weighted by molar-refractivity contribution is 6.40. The number of halogens is 1. The number of carbonyl (C=O) groups excluding carboxylic acids is 2. The van der Waals surface area contributed by atoms with Gasteiger partial charge < -0.3 is 15.4 Å². The number of hydrogen-bond donors (Lipinski definition) is 2. The number of hydrogen-bond acceptors (Lipinski definition) is 4. The number of pyridine rings is 1. The zero-order valence-electron chi connectivity index (χ0n) is 17.9. The third kappa shape index (κ3) is 5.33. The van der Waals surface area contributed by atoms with Crippen molar-refractivity contribution in [3.8, 4) is 5.75 Å². The number of nitrogens with one attached hydrogen (secondary N) is 2. The third-order valence-electron chi connectivity index (χ3n) is 5.26. The van der Waals surface area contributed by atoms with Crippen LogP contribution in [0.1, 0.15) is 17.2 Å². The molecular weight excluding hydrogens is 421 g/mol. The van der Waals surface area contributed by atoms with E-state index in [0.29, 0.717) is 23.4 Å². The molecule has 0 aliphatic rings. The van der Waals surface area contributed by atoms with Gasteiger partial charge in [-0.15, -0.1) is 0 Å².